The van der Waals surface area contributed by atoms with Gasteiger partial charge in [-0.05, 0) is 76.7 Å². The van der Waals surface area contributed by atoms with Crippen molar-refractivity contribution in [2.24, 2.45) is 0 Å². The summed E-state index contributed by atoms with van der Waals surface area (Å²) in [6.07, 6.45) is 0. The van der Waals surface area contributed by atoms with Crippen molar-refractivity contribution in [1.29, 1.82) is 0 Å². The van der Waals surface area contributed by atoms with Gasteiger partial charge in [0.2, 0.25) is 0 Å². The SMILES string of the molecule is COc1ccc([S+](c2ccccc2)c2ccccc2)cc1OCc1ccc(I)cc1. The molecule has 30 heavy (non-hydrogen) atoms. The molecule has 0 spiro atoms. The Morgan fingerprint density at radius 3 is 1.83 bits per heavy atom. The Morgan fingerprint density at radius 1 is 0.667 bits per heavy atom. The van der Waals surface area contributed by atoms with Gasteiger partial charge in [-0.25, -0.2) is 0 Å². The lowest BCUT2D eigenvalue weighted by Gasteiger charge is -2.13. The van der Waals surface area contributed by atoms with Crippen molar-refractivity contribution in [2.75, 3.05) is 7.11 Å². The minimum Gasteiger partial charge on any atom is -0.493 e. The van der Waals surface area contributed by atoms with E-state index in [1.807, 2.05) is 6.07 Å². The first kappa shape index (κ1) is 20.8. The topological polar surface area (TPSA) is 18.5 Å². The van der Waals surface area contributed by atoms with E-state index in [4.69, 9.17) is 9.47 Å². The number of rotatable bonds is 7. The van der Waals surface area contributed by atoms with Gasteiger partial charge in [0.15, 0.2) is 26.2 Å². The smallest absolute Gasteiger partial charge is 0.170 e. The fraction of sp³-hybridized carbons (Fsp3) is 0.0769. The fourth-order valence-electron chi connectivity index (χ4n) is 3.16. The van der Waals surface area contributed by atoms with E-state index in [2.05, 4.69) is 120 Å². The zero-order chi connectivity index (χ0) is 20.8. The first-order valence-corrected chi connectivity index (χ1v) is 11.9. The highest BCUT2D eigenvalue weighted by molar-refractivity contribution is 14.1. The van der Waals surface area contributed by atoms with E-state index in [1.54, 1.807) is 7.11 Å². The lowest BCUT2D eigenvalue weighted by molar-refractivity contribution is 0.283. The number of methoxy groups -OCH3 is 1. The Labute approximate surface area is 194 Å². The second kappa shape index (κ2) is 10.0. The first-order chi connectivity index (χ1) is 14.7. The summed E-state index contributed by atoms with van der Waals surface area (Å²) in [6.45, 7) is 0.501. The van der Waals surface area contributed by atoms with Crippen LogP contribution in [0.25, 0.3) is 0 Å². The molecule has 0 aromatic heterocycles. The van der Waals surface area contributed by atoms with Gasteiger partial charge in [-0.3, -0.25) is 0 Å². The molecule has 0 fully saturated rings. The van der Waals surface area contributed by atoms with E-state index >= 15 is 0 Å². The summed E-state index contributed by atoms with van der Waals surface area (Å²) >= 11 is 2.31. The maximum atomic E-state index is 6.19. The Morgan fingerprint density at radius 2 is 1.27 bits per heavy atom. The van der Waals surface area contributed by atoms with E-state index in [0.717, 1.165) is 17.1 Å². The highest BCUT2D eigenvalue weighted by Gasteiger charge is 2.29. The molecule has 4 heteroatoms. The molecule has 0 saturated carbocycles. The molecular weight excluding hydrogens is 503 g/mol. The number of hydrogen-bond donors (Lipinski definition) is 0. The number of halogens is 1. The third-order valence-electron chi connectivity index (χ3n) is 4.64. The summed E-state index contributed by atoms with van der Waals surface area (Å²) in [6, 6.07) is 35.9. The van der Waals surface area contributed by atoms with Crippen LogP contribution in [0.5, 0.6) is 11.5 Å². The molecule has 0 amide bonds. The Bertz CT molecular complexity index is 1040. The van der Waals surface area contributed by atoms with Crippen LogP contribution in [0.15, 0.2) is 118 Å². The molecule has 0 heterocycles. The Hall–Kier alpha value is -2.44. The third-order valence-corrected chi connectivity index (χ3v) is 7.57. The van der Waals surface area contributed by atoms with Gasteiger partial charge >= 0.3 is 0 Å². The molecule has 0 radical (unpaired) electrons. The van der Waals surface area contributed by atoms with Crippen molar-refractivity contribution < 1.29 is 9.47 Å². The van der Waals surface area contributed by atoms with Gasteiger partial charge in [-0.2, -0.15) is 0 Å². The van der Waals surface area contributed by atoms with Crippen molar-refractivity contribution in [2.45, 2.75) is 21.3 Å². The molecule has 0 saturated heterocycles. The summed E-state index contributed by atoms with van der Waals surface area (Å²) in [5.41, 5.74) is 1.13. The molecule has 4 aromatic carbocycles. The predicted octanol–water partition coefficient (Wildman–Crippen LogP) is 6.97. The van der Waals surface area contributed by atoms with Gasteiger partial charge in [-0.1, -0.05) is 48.5 Å². The normalized spacial score (nSPS) is 10.8. The molecule has 4 aromatic rings. The van der Waals surface area contributed by atoms with Crippen molar-refractivity contribution in [3.05, 3.63) is 112 Å². The Balaban J connectivity index is 1.69. The van der Waals surface area contributed by atoms with Crippen LogP contribution in [0.1, 0.15) is 5.56 Å². The molecule has 0 aliphatic heterocycles. The van der Waals surface area contributed by atoms with E-state index in [9.17, 15) is 0 Å². The first-order valence-electron chi connectivity index (χ1n) is 9.64. The standard InChI is InChI=1S/C26H22IO2S/c1-28-25-17-16-24(18-26(25)29-19-20-12-14-21(27)15-13-20)30(22-8-4-2-5-9-22)23-10-6-3-7-11-23/h2-18H,19H2,1H3/q+1. The van der Waals surface area contributed by atoms with E-state index in [1.165, 1.54) is 18.3 Å². The molecule has 2 nitrogen and oxygen atoms in total. The fourth-order valence-corrected chi connectivity index (χ4v) is 5.62. The third kappa shape index (κ3) is 4.99. The van der Waals surface area contributed by atoms with Crippen molar-refractivity contribution >= 4 is 33.5 Å². The molecule has 0 N–H and O–H groups in total. The average molecular weight is 525 g/mol. The summed E-state index contributed by atoms with van der Waals surface area (Å²) in [5, 5.41) is 0. The summed E-state index contributed by atoms with van der Waals surface area (Å²) in [4.78, 5) is 3.75. The molecule has 0 aliphatic carbocycles. The molecule has 150 valence electrons. The van der Waals surface area contributed by atoms with Crippen molar-refractivity contribution in [3.8, 4) is 11.5 Å². The van der Waals surface area contributed by atoms with Crippen molar-refractivity contribution in [3.63, 3.8) is 0 Å². The van der Waals surface area contributed by atoms with E-state index in [0.29, 0.717) is 6.61 Å². The summed E-state index contributed by atoms with van der Waals surface area (Å²) < 4.78 is 13.0. The quantitative estimate of drug-likeness (QED) is 0.192. The zero-order valence-electron chi connectivity index (χ0n) is 16.6. The lowest BCUT2D eigenvalue weighted by Crippen LogP contribution is -2.06. The molecule has 0 aliphatic rings. The van der Waals surface area contributed by atoms with Gasteiger partial charge in [0.05, 0.1) is 18.0 Å². The van der Waals surface area contributed by atoms with Crippen LogP contribution in [-0.2, 0) is 17.5 Å². The average Bonchev–Trinajstić information content (AvgIpc) is 2.80. The molecular formula is C26H22IO2S+. The van der Waals surface area contributed by atoms with E-state index in [-0.39, 0.29) is 10.9 Å². The molecule has 0 atom stereocenters. The predicted molar refractivity (Wildman–Crippen MR) is 132 cm³/mol. The summed E-state index contributed by atoms with van der Waals surface area (Å²) in [5.74, 6) is 1.51. The highest BCUT2D eigenvalue weighted by atomic mass is 127. The van der Waals surface area contributed by atoms with E-state index < -0.39 is 0 Å². The number of ether oxygens (including phenoxy) is 2. The largest absolute Gasteiger partial charge is 0.493 e. The minimum absolute atomic E-state index is 0.223. The maximum Gasteiger partial charge on any atom is 0.170 e. The number of benzene rings is 4. The minimum atomic E-state index is -0.223. The Kier molecular flexibility index (Phi) is 6.97. The van der Waals surface area contributed by atoms with Crippen LogP contribution >= 0.6 is 22.6 Å². The highest BCUT2D eigenvalue weighted by Crippen LogP contribution is 2.37. The molecule has 0 bridgehead atoms. The van der Waals surface area contributed by atoms with Gasteiger partial charge in [0.1, 0.15) is 6.61 Å². The summed E-state index contributed by atoms with van der Waals surface area (Å²) in [7, 11) is 1.46. The van der Waals surface area contributed by atoms with Crippen LogP contribution < -0.4 is 9.47 Å². The zero-order valence-corrected chi connectivity index (χ0v) is 19.6. The molecule has 4 rings (SSSR count). The van der Waals surface area contributed by atoms with Gasteiger partial charge in [-0.15, -0.1) is 0 Å². The van der Waals surface area contributed by atoms with Crippen LogP contribution in [0.3, 0.4) is 0 Å². The second-order valence-electron chi connectivity index (χ2n) is 6.66. The van der Waals surface area contributed by atoms with Gasteiger partial charge < -0.3 is 9.47 Å². The second-order valence-corrected chi connectivity index (χ2v) is 9.93. The van der Waals surface area contributed by atoms with Gasteiger partial charge in [0, 0.05) is 9.64 Å². The lowest BCUT2D eigenvalue weighted by atomic mass is 10.2. The maximum absolute atomic E-state index is 6.19. The molecule has 0 unspecified atom stereocenters. The van der Waals surface area contributed by atoms with Gasteiger partial charge in [0.25, 0.3) is 0 Å². The van der Waals surface area contributed by atoms with Crippen LogP contribution in [-0.4, -0.2) is 7.11 Å². The van der Waals surface area contributed by atoms with Crippen molar-refractivity contribution in [1.82, 2.24) is 0 Å². The van der Waals surface area contributed by atoms with Crippen LogP contribution in [0.4, 0.5) is 0 Å². The van der Waals surface area contributed by atoms with Crippen LogP contribution in [0, 0.1) is 3.57 Å². The van der Waals surface area contributed by atoms with Crippen LogP contribution in [0.2, 0.25) is 0 Å². The monoisotopic (exact) mass is 525 g/mol. The number of hydrogen-bond acceptors (Lipinski definition) is 2.